The van der Waals surface area contributed by atoms with Crippen molar-refractivity contribution in [3.63, 3.8) is 0 Å². The molecule has 0 aliphatic carbocycles. The maximum absolute atomic E-state index is 13.3. The van der Waals surface area contributed by atoms with Gasteiger partial charge in [-0.25, -0.2) is 4.98 Å². The molecule has 0 amide bonds. The Balaban J connectivity index is 1.52. The molecular weight excluding hydrogens is 511 g/mol. The Hall–Kier alpha value is -4.29. The number of benzene rings is 2. The number of aryl methyl sites for hydroxylation is 1. The average Bonchev–Trinajstić information content (AvgIpc) is 3.45. The molecule has 0 radical (unpaired) electrons. The summed E-state index contributed by atoms with van der Waals surface area (Å²) in [4.78, 5) is 16.4. The van der Waals surface area contributed by atoms with E-state index in [1.54, 1.807) is 36.4 Å². The number of nitrogens with zero attached hydrogens (tertiary/aromatic N) is 3. The van der Waals surface area contributed by atoms with Crippen molar-refractivity contribution >= 4 is 23.6 Å². The first-order chi connectivity index (χ1) is 18.2. The third-order valence-electron chi connectivity index (χ3n) is 5.74. The summed E-state index contributed by atoms with van der Waals surface area (Å²) in [7, 11) is 1.49. The van der Waals surface area contributed by atoms with Gasteiger partial charge in [0.25, 0.3) is 0 Å². The Labute approximate surface area is 222 Å². The van der Waals surface area contributed by atoms with Crippen LogP contribution in [0.3, 0.4) is 0 Å². The number of alkyl halides is 3. The summed E-state index contributed by atoms with van der Waals surface area (Å²) in [6, 6.07) is 19.2. The monoisotopic (exact) mass is 533 g/mol. The number of carbonyl (C=O) groups is 1. The fourth-order valence-corrected chi connectivity index (χ4v) is 4.79. The Kier molecular flexibility index (Phi) is 8.03. The minimum Gasteiger partial charge on any atom is -0.496 e. The molecule has 0 saturated heterocycles. The lowest BCUT2D eigenvalue weighted by Gasteiger charge is -2.13. The fraction of sp³-hybridized carbons (Fsp3) is 0.138. The molecule has 2 aromatic heterocycles. The molecule has 2 aromatic carbocycles. The summed E-state index contributed by atoms with van der Waals surface area (Å²) in [6.45, 7) is 1.45. The highest BCUT2D eigenvalue weighted by atomic mass is 32.2. The number of nitriles is 1. The minimum atomic E-state index is -4.62. The number of hydrogen-bond donors (Lipinski definition) is 0. The highest BCUT2D eigenvalue weighted by Gasteiger charge is 2.34. The van der Waals surface area contributed by atoms with Gasteiger partial charge in [-0.2, -0.15) is 18.4 Å². The molecule has 0 atom stereocenters. The molecule has 0 bridgehead atoms. The average molecular weight is 534 g/mol. The van der Waals surface area contributed by atoms with Crippen molar-refractivity contribution in [3.05, 3.63) is 113 Å². The summed E-state index contributed by atoms with van der Waals surface area (Å²) in [6.07, 6.45) is 2.35. The van der Waals surface area contributed by atoms with E-state index in [1.807, 2.05) is 47.3 Å². The maximum Gasteiger partial charge on any atom is 0.433 e. The van der Waals surface area contributed by atoms with E-state index >= 15 is 0 Å². The molecule has 4 rings (SSSR count). The van der Waals surface area contributed by atoms with Crippen LogP contribution in [0.1, 0.15) is 38.3 Å². The van der Waals surface area contributed by atoms with E-state index in [9.17, 15) is 23.2 Å². The van der Waals surface area contributed by atoms with Gasteiger partial charge in [0, 0.05) is 35.0 Å². The van der Waals surface area contributed by atoms with Gasteiger partial charge in [0.1, 0.15) is 22.5 Å². The van der Waals surface area contributed by atoms with Crippen LogP contribution in [0.15, 0.2) is 84.2 Å². The van der Waals surface area contributed by atoms with E-state index in [2.05, 4.69) is 4.98 Å². The number of hydrogen-bond acceptors (Lipinski definition) is 5. The minimum absolute atomic E-state index is 0.00126. The lowest BCUT2D eigenvalue weighted by molar-refractivity contribution is -0.141. The molecular formula is C29H22F3N3O2S. The molecule has 0 unspecified atom stereocenters. The molecule has 192 valence electrons. The van der Waals surface area contributed by atoms with Crippen LogP contribution in [0, 0.1) is 18.3 Å². The summed E-state index contributed by atoms with van der Waals surface area (Å²) in [5, 5.41) is 9.46. The zero-order valence-electron chi connectivity index (χ0n) is 20.5. The first-order valence-electron chi connectivity index (χ1n) is 11.4. The van der Waals surface area contributed by atoms with Gasteiger partial charge in [0.05, 0.1) is 12.7 Å². The SMILES string of the molecule is COc1ccc(/C=C/C(=O)c2ccc(-n3cccc3)cc2)cc1CSc1nc(C(F)(F)F)cc(C)c1C#N. The maximum atomic E-state index is 13.3. The number of thioether (sulfide) groups is 1. The standard InChI is InChI=1S/C29H22F3N3O2S/c1-19-15-27(29(30,31)32)34-28(24(19)17-33)38-18-22-16-20(6-12-26(22)37-2)5-11-25(36)21-7-9-23(10-8-21)35-13-3-4-14-35/h3-16H,18H2,1-2H3/b11-5+. The largest absolute Gasteiger partial charge is 0.496 e. The number of aromatic nitrogens is 2. The van der Waals surface area contributed by atoms with Crippen LogP contribution in [0.4, 0.5) is 13.2 Å². The topological polar surface area (TPSA) is 67.9 Å². The van der Waals surface area contributed by atoms with Crippen LogP contribution in [0.2, 0.25) is 0 Å². The highest BCUT2D eigenvalue weighted by Crippen LogP contribution is 2.35. The van der Waals surface area contributed by atoms with Gasteiger partial charge < -0.3 is 9.30 Å². The predicted octanol–water partition coefficient (Wildman–Crippen LogP) is 7.27. The number of methoxy groups -OCH3 is 1. The van der Waals surface area contributed by atoms with Crippen molar-refractivity contribution in [2.24, 2.45) is 0 Å². The summed E-state index contributed by atoms with van der Waals surface area (Å²) in [5.41, 5.74) is 2.15. The van der Waals surface area contributed by atoms with Crippen LogP contribution in [0.25, 0.3) is 11.8 Å². The molecule has 0 N–H and O–H groups in total. The van der Waals surface area contributed by atoms with Crippen LogP contribution in [-0.4, -0.2) is 22.4 Å². The van der Waals surface area contributed by atoms with Gasteiger partial charge in [-0.15, -0.1) is 11.8 Å². The molecule has 2 heterocycles. The quantitative estimate of drug-likeness (QED) is 0.135. The van der Waals surface area contributed by atoms with Crippen LogP contribution < -0.4 is 4.74 Å². The van der Waals surface area contributed by atoms with Crippen molar-refractivity contribution in [3.8, 4) is 17.5 Å². The number of allylic oxidation sites excluding steroid dienone is 1. The highest BCUT2D eigenvalue weighted by molar-refractivity contribution is 7.98. The smallest absolute Gasteiger partial charge is 0.433 e. The Morgan fingerprint density at radius 2 is 1.84 bits per heavy atom. The number of pyridine rings is 1. The van der Waals surface area contributed by atoms with Gasteiger partial charge in [-0.05, 0) is 78.7 Å². The van der Waals surface area contributed by atoms with Gasteiger partial charge in [-0.1, -0.05) is 12.1 Å². The molecule has 0 aliphatic rings. The molecule has 0 spiro atoms. The lowest BCUT2D eigenvalue weighted by atomic mass is 10.1. The second kappa shape index (κ2) is 11.4. The number of ether oxygens (including phenoxy) is 1. The zero-order chi connectivity index (χ0) is 27.3. The number of ketones is 1. The van der Waals surface area contributed by atoms with Gasteiger partial charge in [-0.3, -0.25) is 4.79 Å². The molecule has 0 fully saturated rings. The Morgan fingerprint density at radius 3 is 2.47 bits per heavy atom. The van der Waals surface area contributed by atoms with Crippen molar-refractivity contribution in [2.75, 3.05) is 7.11 Å². The lowest BCUT2D eigenvalue weighted by Crippen LogP contribution is -2.10. The third-order valence-corrected chi connectivity index (χ3v) is 6.76. The normalized spacial score (nSPS) is 11.5. The van der Waals surface area contributed by atoms with Gasteiger partial charge in [0.2, 0.25) is 0 Å². The van der Waals surface area contributed by atoms with Crippen LogP contribution >= 0.6 is 11.8 Å². The van der Waals surface area contributed by atoms with E-state index in [1.165, 1.54) is 20.1 Å². The second-order valence-electron chi connectivity index (χ2n) is 8.31. The van der Waals surface area contributed by atoms with E-state index < -0.39 is 11.9 Å². The summed E-state index contributed by atoms with van der Waals surface area (Å²) >= 11 is 1.02. The molecule has 4 aromatic rings. The van der Waals surface area contributed by atoms with E-state index in [4.69, 9.17) is 4.74 Å². The van der Waals surface area contributed by atoms with Crippen molar-refractivity contribution in [1.82, 2.24) is 9.55 Å². The molecule has 0 aliphatic heterocycles. The van der Waals surface area contributed by atoms with E-state index in [0.29, 0.717) is 22.4 Å². The molecule has 9 heteroatoms. The Morgan fingerprint density at radius 1 is 1.13 bits per heavy atom. The predicted molar refractivity (Wildman–Crippen MR) is 140 cm³/mol. The summed E-state index contributed by atoms with van der Waals surface area (Å²) in [5.74, 6) is 0.573. The van der Waals surface area contributed by atoms with Crippen molar-refractivity contribution in [1.29, 1.82) is 5.26 Å². The van der Waals surface area contributed by atoms with Gasteiger partial charge in [0.15, 0.2) is 5.78 Å². The fourth-order valence-electron chi connectivity index (χ4n) is 3.76. The number of halogens is 3. The second-order valence-corrected chi connectivity index (χ2v) is 9.27. The zero-order valence-corrected chi connectivity index (χ0v) is 21.3. The van der Waals surface area contributed by atoms with E-state index in [-0.39, 0.29) is 27.7 Å². The van der Waals surface area contributed by atoms with E-state index in [0.717, 1.165) is 23.5 Å². The number of rotatable bonds is 8. The van der Waals surface area contributed by atoms with Crippen LogP contribution in [-0.2, 0) is 11.9 Å². The summed E-state index contributed by atoms with van der Waals surface area (Å²) < 4.78 is 47.1. The van der Waals surface area contributed by atoms with Gasteiger partial charge >= 0.3 is 6.18 Å². The first-order valence-corrected chi connectivity index (χ1v) is 12.4. The molecule has 0 saturated carbocycles. The van der Waals surface area contributed by atoms with Crippen molar-refractivity contribution < 1.29 is 22.7 Å². The molecule has 38 heavy (non-hydrogen) atoms. The number of carbonyl (C=O) groups excluding carboxylic acids is 1. The third kappa shape index (κ3) is 6.15. The van der Waals surface area contributed by atoms with Crippen LogP contribution in [0.5, 0.6) is 5.75 Å². The molecule has 5 nitrogen and oxygen atoms in total. The first kappa shape index (κ1) is 26.8. The van der Waals surface area contributed by atoms with Crippen molar-refractivity contribution in [2.45, 2.75) is 23.9 Å². The Bertz CT molecular complexity index is 1520.